The van der Waals surface area contributed by atoms with E-state index < -0.39 is 18.3 Å². The van der Waals surface area contributed by atoms with Crippen molar-refractivity contribution in [3.05, 3.63) is 71.8 Å². The van der Waals surface area contributed by atoms with Crippen molar-refractivity contribution in [2.45, 2.75) is 32.6 Å². The number of ether oxygens (including phenoxy) is 2. The number of carbonyl (C=O) groups excluding carboxylic acids is 3. The third-order valence-electron chi connectivity index (χ3n) is 3.48. The van der Waals surface area contributed by atoms with Crippen LogP contribution in [-0.2, 0) is 14.3 Å². The van der Waals surface area contributed by atoms with Gasteiger partial charge < -0.3 is 9.47 Å². The molecule has 7 heteroatoms. The largest absolute Gasteiger partial charge is 0.462 e. The summed E-state index contributed by atoms with van der Waals surface area (Å²) in [5.74, 6) is -3.73. The zero-order valence-corrected chi connectivity index (χ0v) is 16.4. The van der Waals surface area contributed by atoms with E-state index in [1.807, 2.05) is 6.07 Å². The molecule has 2 aromatic rings. The molecule has 0 saturated carbocycles. The van der Waals surface area contributed by atoms with Gasteiger partial charge in [0.15, 0.2) is 0 Å². The van der Waals surface area contributed by atoms with Gasteiger partial charge in [-0.15, -0.1) is 0 Å². The molecule has 156 valence electrons. The molecule has 0 unspecified atom stereocenters. The van der Waals surface area contributed by atoms with Crippen LogP contribution in [-0.4, -0.2) is 36.9 Å². The van der Waals surface area contributed by atoms with Gasteiger partial charge in [-0.05, 0) is 38.1 Å². The van der Waals surface area contributed by atoms with Crippen LogP contribution >= 0.6 is 0 Å². The minimum Gasteiger partial charge on any atom is -0.462 e. The Morgan fingerprint density at radius 2 is 1.21 bits per heavy atom. The maximum Gasteiger partial charge on any atom is 0.338 e. The molecule has 0 atom stereocenters. The zero-order chi connectivity index (χ0) is 21.7. The summed E-state index contributed by atoms with van der Waals surface area (Å²) in [4.78, 5) is 33.1. The zero-order valence-electron chi connectivity index (χ0n) is 16.4. The van der Waals surface area contributed by atoms with Crippen LogP contribution in [0.2, 0.25) is 0 Å². The summed E-state index contributed by atoms with van der Waals surface area (Å²) in [7, 11) is 0. The second-order valence-electron chi connectivity index (χ2n) is 6.28. The van der Waals surface area contributed by atoms with Crippen LogP contribution in [0.4, 0.5) is 8.78 Å². The summed E-state index contributed by atoms with van der Waals surface area (Å²) < 4.78 is 34.3. The van der Waals surface area contributed by atoms with Gasteiger partial charge in [-0.25, -0.2) is 18.4 Å². The van der Waals surface area contributed by atoms with E-state index in [2.05, 4.69) is 4.74 Å². The van der Waals surface area contributed by atoms with Gasteiger partial charge in [0, 0.05) is 12.8 Å². The maximum absolute atomic E-state index is 12.4. The summed E-state index contributed by atoms with van der Waals surface area (Å²) in [6.07, 6.45) is -0.176. The van der Waals surface area contributed by atoms with E-state index in [-0.39, 0.29) is 31.4 Å². The number of benzene rings is 2. The minimum absolute atomic E-state index is 0.0193. The lowest BCUT2D eigenvalue weighted by Gasteiger charge is -2.09. The molecular formula is C22H24F2O5. The number of ketones is 1. The average Bonchev–Trinajstić information content (AvgIpc) is 2.68. The van der Waals surface area contributed by atoms with E-state index in [9.17, 15) is 23.2 Å². The lowest BCUT2D eigenvalue weighted by atomic mass is 10.2. The third kappa shape index (κ3) is 11.4. The molecule has 5 nitrogen and oxygen atoms in total. The van der Waals surface area contributed by atoms with Gasteiger partial charge in [0.1, 0.15) is 5.78 Å². The highest BCUT2D eigenvalue weighted by Gasteiger charge is 2.21. The van der Waals surface area contributed by atoms with Crippen molar-refractivity contribution in [2.24, 2.45) is 0 Å². The summed E-state index contributed by atoms with van der Waals surface area (Å²) in [5.41, 5.74) is 0.882. The Morgan fingerprint density at radius 1 is 0.793 bits per heavy atom. The first-order chi connectivity index (χ1) is 13.7. The van der Waals surface area contributed by atoms with Gasteiger partial charge in [0.2, 0.25) is 5.92 Å². The Hall–Kier alpha value is -3.09. The van der Waals surface area contributed by atoms with Crippen molar-refractivity contribution in [2.75, 3.05) is 13.2 Å². The standard InChI is InChI=1S/C11H12F2O2.C11H12O3/c1-11(12,13)7-8-15-10(14)9-5-3-2-4-6-9;1-9(12)7-8-14-11(13)10-5-3-2-4-6-10/h2-6H,7-8H2,1H3;2-6H,7-8H2,1H3. The molecule has 0 aliphatic rings. The number of hydrogen-bond acceptors (Lipinski definition) is 5. The number of Topliss-reactive ketones (excluding diaryl/α,β-unsaturated/α-hetero) is 1. The molecule has 0 heterocycles. The van der Waals surface area contributed by atoms with Crippen LogP contribution in [0.5, 0.6) is 0 Å². The molecular weight excluding hydrogens is 382 g/mol. The molecule has 2 aromatic carbocycles. The van der Waals surface area contributed by atoms with Crippen LogP contribution in [0, 0.1) is 0 Å². The number of halogens is 2. The molecule has 0 amide bonds. The van der Waals surface area contributed by atoms with Gasteiger partial charge in [-0.3, -0.25) is 4.79 Å². The number of hydrogen-bond donors (Lipinski definition) is 0. The van der Waals surface area contributed by atoms with Gasteiger partial charge >= 0.3 is 11.9 Å². The van der Waals surface area contributed by atoms with Crippen LogP contribution in [0.25, 0.3) is 0 Å². The topological polar surface area (TPSA) is 69.7 Å². The summed E-state index contributed by atoms with van der Waals surface area (Å²) in [5, 5.41) is 0. The van der Waals surface area contributed by atoms with E-state index in [1.165, 1.54) is 6.92 Å². The van der Waals surface area contributed by atoms with Gasteiger partial charge in [-0.2, -0.15) is 0 Å². The molecule has 0 bridgehead atoms. The van der Waals surface area contributed by atoms with Crippen LogP contribution < -0.4 is 0 Å². The Balaban J connectivity index is 0.000000291. The summed E-state index contributed by atoms with van der Waals surface area (Å²) >= 11 is 0. The predicted octanol–water partition coefficient (Wildman–Crippen LogP) is 4.71. The smallest absolute Gasteiger partial charge is 0.338 e. The number of esters is 2. The number of rotatable bonds is 8. The molecule has 29 heavy (non-hydrogen) atoms. The first-order valence-corrected chi connectivity index (χ1v) is 9.00. The fourth-order valence-corrected chi connectivity index (χ4v) is 1.93. The Labute approximate surface area is 168 Å². The fraction of sp³-hybridized carbons (Fsp3) is 0.318. The predicted molar refractivity (Wildman–Crippen MR) is 104 cm³/mol. The molecule has 0 radical (unpaired) electrons. The van der Waals surface area contributed by atoms with E-state index >= 15 is 0 Å². The first-order valence-electron chi connectivity index (χ1n) is 9.00. The Morgan fingerprint density at radius 3 is 1.59 bits per heavy atom. The first kappa shape index (κ1) is 23.9. The SMILES string of the molecule is CC(=O)CCOC(=O)c1ccccc1.CC(F)(F)CCOC(=O)c1ccccc1. The molecule has 0 aromatic heterocycles. The molecule has 0 spiro atoms. The fourth-order valence-electron chi connectivity index (χ4n) is 1.93. The van der Waals surface area contributed by atoms with Crippen LogP contribution in [0.15, 0.2) is 60.7 Å². The Bertz CT molecular complexity index is 771. The molecule has 0 aliphatic carbocycles. The van der Waals surface area contributed by atoms with E-state index in [0.717, 1.165) is 6.92 Å². The molecule has 0 fully saturated rings. The average molecular weight is 406 g/mol. The monoisotopic (exact) mass is 406 g/mol. The highest BCUT2D eigenvalue weighted by atomic mass is 19.3. The summed E-state index contributed by atoms with van der Waals surface area (Å²) in [6.45, 7) is 2.15. The van der Waals surface area contributed by atoms with Gasteiger partial charge in [0.05, 0.1) is 24.3 Å². The van der Waals surface area contributed by atoms with Crippen LogP contribution in [0.3, 0.4) is 0 Å². The quantitative estimate of drug-likeness (QED) is 0.594. The van der Waals surface area contributed by atoms with Crippen LogP contribution in [0.1, 0.15) is 47.4 Å². The lowest BCUT2D eigenvalue weighted by molar-refractivity contribution is -0.117. The van der Waals surface area contributed by atoms with E-state index in [1.54, 1.807) is 54.6 Å². The normalized spacial score (nSPS) is 10.3. The second-order valence-corrected chi connectivity index (χ2v) is 6.28. The second kappa shape index (κ2) is 12.4. The molecule has 0 aliphatic heterocycles. The number of carbonyl (C=O) groups is 3. The molecule has 2 rings (SSSR count). The van der Waals surface area contributed by atoms with Crippen molar-refractivity contribution < 1.29 is 32.6 Å². The van der Waals surface area contributed by atoms with E-state index in [0.29, 0.717) is 11.1 Å². The summed E-state index contributed by atoms with van der Waals surface area (Å²) in [6, 6.07) is 17.0. The van der Waals surface area contributed by atoms with Gasteiger partial charge in [-0.1, -0.05) is 36.4 Å². The van der Waals surface area contributed by atoms with Crippen molar-refractivity contribution >= 4 is 17.7 Å². The van der Waals surface area contributed by atoms with Crippen molar-refractivity contribution in [1.29, 1.82) is 0 Å². The minimum atomic E-state index is -2.79. The highest BCUT2D eigenvalue weighted by Crippen LogP contribution is 2.16. The van der Waals surface area contributed by atoms with Crippen molar-refractivity contribution in [3.63, 3.8) is 0 Å². The van der Waals surface area contributed by atoms with Gasteiger partial charge in [0.25, 0.3) is 0 Å². The maximum atomic E-state index is 12.4. The third-order valence-corrected chi connectivity index (χ3v) is 3.48. The molecule has 0 N–H and O–H groups in total. The molecule has 0 saturated heterocycles. The van der Waals surface area contributed by atoms with Crippen molar-refractivity contribution in [3.8, 4) is 0 Å². The highest BCUT2D eigenvalue weighted by molar-refractivity contribution is 5.89. The number of alkyl halides is 2. The Kier molecular flexibility index (Phi) is 10.2. The van der Waals surface area contributed by atoms with Crippen molar-refractivity contribution in [1.82, 2.24) is 0 Å². The lowest BCUT2D eigenvalue weighted by Crippen LogP contribution is -2.15. The van der Waals surface area contributed by atoms with E-state index in [4.69, 9.17) is 4.74 Å².